The van der Waals surface area contributed by atoms with E-state index >= 15 is 0 Å². The molecule has 0 aliphatic heterocycles. The second kappa shape index (κ2) is 5.50. The minimum absolute atomic E-state index is 0.680. The monoisotopic (exact) mass is 257 g/mol. The second-order valence-electron chi connectivity index (χ2n) is 4.74. The van der Waals surface area contributed by atoms with Crippen molar-refractivity contribution >= 4 is 16.5 Å². The van der Waals surface area contributed by atoms with Crippen LogP contribution in [-0.2, 0) is 6.42 Å². The molecule has 0 fully saturated rings. The van der Waals surface area contributed by atoms with Crippen molar-refractivity contribution in [3.63, 3.8) is 0 Å². The molecule has 0 amide bonds. The smallest absolute Gasteiger partial charge is 0.0364 e. The maximum absolute atomic E-state index is 5.91. The number of anilines is 1. The van der Waals surface area contributed by atoms with Gasteiger partial charge in [-0.3, -0.25) is 0 Å². The van der Waals surface area contributed by atoms with Crippen LogP contribution in [0.25, 0.3) is 10.8 Å². The van der Waals surface area contributed by atoms with Gasteiger partial charge in [0.15, 0.2) is 0 Å². The lowest BCUT2D eigenvalue weighted by atomic mass is 10.1. The minimum atomic E-state index is 0.680. The van der Waals surface area contributed by atoms with Crippen LogP contribution in [0, 0.1) is 11.8 Å². The number of hydrogen-bond donors (Lipinski definition) is 1. The van der Waals surface area contributed by atoms with E-state index in [4.69, 9.17) is 5.73 Å². The van der Waals surface area contributed by atoms with Gasteiger partial charge in [0.1, 0.15) is 0 Å². The largest absolute Gasteiger partial charge is 0.398 e. The second-order valence-corrected chi connectivity index (χ2v) is 4.74. The maximum Gasteiger partial charge on any atom is 0.0364 e. The zero-order valence-electron chi connectivity index (χ0n) is 11.1. The highest BCUT2D eigenvalue weighted by molar-refractivity contribution is 5.83. The molecule has 0 bridgehead atoms. The first-order valence-corrected chi connectivity index (χ1v) is 6.64. The summed E-state index contributed by atoms with van der Waals surface area (Å²) < 4.78 is 0. The molecule has 0 aromatic heterocycles. The van der Waals surface area contributed by atoms with Crippen molar-refractivity contribution < 1.29 is 0 Å². The van der Waals surface area contributed by atoms with Crippen LogP contribution < -0.4 is 5.73 Å². The average Bonchev–Trinajstić information content (AvgIpc) is 2.49. The third-order valence-electron chi connectivity index (χ3n) is 3.32. The van der Waals surface area contributed by atoms with Crippen LogP contribution in [0.4, 0.5) is 5.69 Å². The fraction of sp³-hybridized carbons (Fsp3) is 0.0526. The number of nitrogens with two attached hydrogens (primary N) is 1. The van der Waals surface area contributed by atoms with Gasteiger partial charge in [-0.1, -0.05) is 60.4 Å². The van der Waals surface area contributed by atoms with Crippen molar-refractivity contribution in [2.24, 2.45) is 0 Å². The van der Waals surface area contributed by atoms with Crippen LogP contribution in [-0.4, -0.2) is 0 Å². The zero-order valence-corrected chi connectivity index (χ0v) is 11.1. The predicted octanol–water partition coefficient (Wildman–Crippen LogP) is 4.02. The van der Waals surface area contributed by atoms with Gasteiger partial charge in [0.25, 0.3) is 0 Å². The lowest BCUT2D eigenvalue weighted by Gasteiger charge is -1.99. The molecule has 0 aliphatic carbocycles. The summed E-state index contributed by atoms with van der Waals surface area (Å²) in [5, 5.41) is 2.46. The highest BCUT2D eigenvalue weighted by Gasteiger charge is 1.95. The van der Waals surface area contributed by atoms with Gasteiger partial charge >= 0.3 is 0 Å². The normalized spacial score (nSPS) is 10.0. The Labute approximate surface area is 119 Å². The van der Waals surface area contributed by atoms with Crippen LogP contribution in [0.2, 0.25) is 0 Å². The van der Waals surface area contributed by atoms with Gasteiger partial charge in [-0.2, -0.15) is 0 Å². The van der Waals surface area contributed by atoms with Crippen LogP contribution in [0.1, 0.15) is 11.1 Å². The number of fused-ring (bicyclic) bond motifs is 1. The molecule has 0 atom stereocenters. The van der Waals surface area contributed by atoms with Gasteiger partial charge < -0.3 is 5.73 Å². The molecule has 1 nitrogen and oxygen atoms in total. The van der Waals surface area contributed by atoms with E-state index in [1.807, 2.05) is 36.4 Å². The van der Waals surface area contributed by atoms with Gasteiger partial charge in [-0.15, -0.1) is 0 Å². The molecule has 2 N–H and O–H groups in total. The van der Waals surface area contributed by atoms with Crippen molar-refractivity contribution in [1.29, 1.82) is 0 Å². The molecule has 0 saturated heterocycles. The van der Waals surface area contributed by atoms with E-state index in [1.54, 1.807) is 0 Å². The first kappa shape index (κ1) is 12.3. The molecule has 0 aliphatic rings. The minimum Gasteiger partial charge on any atom is -0.398 e. The zero-order chi connectivity index (χ0) is 13.8. The Balaban J connectivity index is 1.83. The average molecular weight is 257 g/mol. The Hall–Kier alpha value is -2.72. The molecule has 1 heteroatoms. The number of para-hydroxylation sites is 1. The van der Waals surface area contributed by atoms with E-state index < -0.39 is 0 Å². The number of rotatable bonds is 1. The summed E-state index contributed by atoms with van der Waals surface area (Å²) >= 11 is 0. The van der Waals surface area contributed by atoms with Crippen molar-refractivity contribution in [3.05, 3.63) is 77.9 Å². The van der Waals surface area contributed by atoms with Gasteiger partial charge in [-0.05, 0) is 34.5 Å². The number of hydrogen-bond acceptors (Lipinski definition) is 1. The van der Waals surface area contributed by atoms with E-state index in [1.165, 1.54) is 10.8 Å². The molecular weight excluding hydrogens is 242 g/mol. The summed E-state index contributed by atoms with van der Waals surface area (Å²) in [5.41, 5.74) is 8.84. The molecule has 20 heavy (non-hydrogen) atoms. The third kappa shape index (κ3) is 2.65. The van der Waals surface area contributed by atoms with Gasteiger partial charge in [0.05, 0.1) is 0 Å². The SMILES string of the molecule is Nc1ccccc1CC#Cc1ccc2ccccc2c1. The van der Waals surface area contributed by atoms with Crippen LogP contribution in [0.3, 0.4) is 0 Å². The molecule has 3 aromatic rings. The quantitative estimate of drug-likeness (QED) is 0.517. The molecular formula is C19H15N. The Morgan fingerprint density at radius 1 is 0.800 bits per heavy atom. The van der Waals surface area contributed by atoms with Crippen LogP contribution in [0.15, 0.2) is 66.7 Å². The van der Waals surface area contributed by atoms with E-state index in [0.717, 1.165) is 16.8 Å². The summed E-state index contributed by atoms with van der Waals surface area (Å²) in [6.45, 7) is 0. The van der Waals surface area contributed by atoms with Crippen molar-refractivity contribution in [1.82, 2.24) is 0 Å². The Morgan fingerprint density at radius 3 is 2.40 bits per heavy atom. The number of benzene rings is 3. The predicted molar refractivity (Wildman–Crippen MR) is 85.4 cm³/mol. The summed E-state index contributed by atoms with van der Waals surface area (Å²) in [6.07, 6.45) is 0.680. The van der Waals surface area contributed by atoms with Crippen molar-refractivity contribution in [3.8, 4) is 11.8 Å². The lowest BCUT2D eigenvalue weighted by Crippen LogP contribution is -1.91. The van der Waals surface area contributed by atoms with E-state index in [2.05, 4.69) is 42.2 Å². The first-order valence-electron chi connectivity index (χ1n) is 6.64. The molecule has 3 rings (SSSR count). The molecule has 3 aromatic carbocycles. The maximum atomic E-state index is 5.91. The third-order valence-corrected chi connectivity index (χ3v) is 3.32. The van der Waals surface area contributed by atoms with Crippen LogP contribution in [0.5, 0.6) is 0 Å². The molecule has 0 radical (unpaired) electrons. The lowest BCUT2D eigenvalue weighted by molar-refractivity contribution is 1.32. The fourth-order valence-corrected chi connectivity index (χ4v) is 2.20. The molecule has 0 unspecified atom stereocenters. The summed E-state index contributed by atoms with van der Waals surface area (Å²) in [6, 6.07) is 22.5. The van der Waals surface area contributed by atoms with Crippen molar-refractivity contribution in [2.45, 2.75) is 6.42 Å². The van der Waals surface area contributed by atoms with Gasteiger partial charge in [0.2, 0.25) is 0 Å². The van der Waals surface area contributed by atoms with E-state index in [-0.39, 0.29) is 0 Å². The highest BCUT2D eigenvalue weighted by Crippen LogP contribution is 2.15. The molecule has 96 valence electrons. The molecule has 0 spiro atoms. The molecule has 0 saturated carbocycles. The summed E-state index contributed by atoms with van der Waals surface area (Å²) in [5.74, 6) is 6.40. The Morgan fingerprint density at radius 2 is 1.55 bits per heavy atom. The summed E-state index contributed by atoms with van der Waals surface area (Å²) in [7, 11) is 0. The number of nitrogen functional groups attached to an aromatic ring is 1. The fourth-order valence-electron chi connectivity index (χ4n) is 2.20. The molecule has 0 heterocycles. The topological polar surface area (TPSA) is 26.0 Å². The van der Waals surface area contributed by atoms with E-state index in [9.17, 15) is 0 Å². The van der Waals surface area contributed by atoms with Gasteiger partial charge in [0, 0.05) is 17.7 Å². The highest BCUT2D eigenvalue weighted by atomic mass is 14.5. The van der Waals surface area contributed by atoms with Crippen molar-refractivity contribution in [2.75, 3.05) is 5.73 Å². The standard InChI is InChI=1S/C19H15N/c20-19-11-4-3-8-17(19)10-5-6-15-12-13-16-7-1-2-9-18(16)14-15/h1-4,7-9,11-14H,10,20H2. The van der Waals surface area contributed by atoms with E-state index in [0.29, 0.717) is 6.42 Å². The first-order chi connectivity index (χ1) is 9.83. The Kier molecular flexibility index (Phi) is 3.39. The Bertz CT molecular complexity index is 806. The van der Waals surface area contributed by atoms with Crippen LogP contribution >= 0.6 is 0 Å². The van der Waals surface area contributed by atoms with Gasteiger partial charge in [-0.25, -0.2) is 0 Å². The summed E-state index contributed by atoms with van der Waals surface area (Å²) in [4.78, 5) is 0.